The van der Waals surface area contributed by atoms with Gasteiger partial charge in [0.2, 0.25) is 0 Å². The number of nitrogens with two attached hydrogens (primary N) is 1. The van der Waals surface area contributed by atoms with Crippen molar-refractivity contribution in [2.24, 2.45) is 5.73 Å². The fraction of sp³-hybridized carbons (Fsp3) is 0.533. The Bertz CT molecular complexity index is 488. The maximum absolute atomic E-state index is 12.3. The Hall–Kier alpha value is -1.59. The molecule has 1 atom stereocenters. The van der Waals surface area contributed by atoms with Crippen LogP contribution in [0.2, 0.25) is 0 Å². The summed E-state index contributed by atoms with van der Waals surface area (Å²) in [7, 11) is 0. The number of anilines is 1. The second-order valence-electron chi connectivity index (χ2n) is 5.90. The van der Waals surface area contributed by atoms with Gasteiger partial charge in [-0.25, -0.2) is 4.79 Å². The summed E-state index contributed by atoms with van der Waals surface area (Å²) in [5, 5.41) is 2.92. The highest BCUT2D eigenvalue weighted by molar-refractivity contribution is 5.89. The predicted octanol–water partition coefficient (Wildman–Crippen LogP) is 2.18. The van der Waals surface area contributed by atoms with Gasteiger partial charge >= 0.3 is 6.03 Å². The number of hydrogen-bond donors (Lipinski definition) is 2. The van der Waals surface area contributed by atoms with Crippen LogP contribution in [0.4, 0.5) is 10.5 Å². The highest BCUT2D eigenvalue weighted by Crippen LogP contribution is 2.21. The molecule has 0 radical (unpaired) electrons. The second-order valence-corrected chi connectivity index (χ2v) is 5.90. The maximum atomic E-state index is 12.3. The van der Waals surface area contributed by atoms with Gasteiger partial charge in [0, 0.05) is 18.8 Å². The molecule has 110 valence electrons. The van der Waals surface area contributed by atoms with Crippen LogP contribution in [-0.2, 0) is 11.3 Å². The van der Waals surface area contributed by atoms with Gasteiger partial charge in [0.15, 0.2) is 0 Å². The van der Waals surface area contributed by atoms with E-state index in [1.165, 1.54) is 0 Å². The maximum Gasteiger partial charge on any atom is 0.322 e. The topological polar surface area (TPSA) is 67.6 Å². The second kappa shape index (κ2) is 5.81. The minimum Gasteiger partial charge on any atom is -0.369 e. The number of ether oxygens (including phenoxy) is 1. The smallest absolute Gasteiger partial charge is 0.322 e. The highest BCUT2D eigenvalue weighted by atomic mass is 16.5. The molecule has 1 heterocycles. The van der Waals surface area contributed by atoms with E-state index in [2.05, 4.69) is 5.32 Å². The van der Waals surface area contributed by atoms with Gasteiger partial charge in [0.05, 0.1) is 18.2 Å². The van der Waals surface area contributed by atoms with E-state index in [0.717, 1.165) is 11.3 Å². The van der Waals surface area contributed by atoms with Gasteiger partial charge in [-0.05, 0) is 38.5 Å². The average Bonchev–Trinajstić information content (AvgIpc) is 2.36. The largest absolute Gasteiger partial charge is 0.369 e. The Kier molecular flexibility index (Phi) is 4.30. The van der Waals surface area contributed by atoms with E-state index >= 15 is 0 Å². The molecule has 1 aromatic rings. The summed E-state index contributed by atoms with van der Waals surface area (Å²) in [4.78, 5) is 14.1. The Balaban J connectivity index is 2.04. The van der Waals surface area contributed by atoms with Crippen molar-refractivity contribution in [2.75, 3.05) is 18.4 Å². The SMILES string of the molecule is CC1CN(C(=O)Nc2cccc(CN)c2)CC(C)(C)O1. The quantitative estimate of drug-likeness (QED) is 0.870. The Labute approximate surface area is 120 Å². The molecule has 0 aromatic heterocycles. The zero-order chi connectivity index (χ0) is 14.8. The standard InChI is InChI=1S/C15H23N3O2/c1-11-9-18(10-15(2,3)20-11)14(19)17-13-6-4-5-12(7-13)8-16/h4-7,11H,8-10,16H2,1-3H3,(H,17,19). The van der Waals surface area contributed by atoms with Crippen LogP contribution >= 0.6 is 0 Å². The van der Waals surface area contributed by atoms with E-state index < -0.39 is 0 Å². The van der Waals surface area contributed by atoms with E-state index in [0.29, 0.717) is 19.6 Å². The number of benzene rings is 1. The zero-order valence-electron chi connectivity index (χ0n) is 12.3. The summed E-state index contributed by atoms with van der Waals surface area (Å²) in [5.41, 5.74) is 7.07. The van der Waals surface area contributed by atoms with Gasteiger partial charge in [-0.2, -0.15) is 0 Å². The number of carbonyl (C=O) groups excluding carboxylic acids is 1. The molecule has 2 rings (SSSR count). The molecule has 0 aliphatic carbocycles. The Morgan fingerprint density at radius 3 is 2.95 bits per heavy atom. The fourth-order valence-corrected chi connectivity index (χ4v) is 2.59. The lowest BCUT2D eigenvalue weighted by Crippen LogP contribution is -2.54. The third kappa shape index (κ3) is 3.71. The lowest BCUT2D eigenvalue weighted by molar-refractivity contribution is -0.116. The first-order valence-electron chi connectivity index (χ1n) is 6.92. The van der Waals surface area contributed by atoms with E-state index in [4.69, 9.17) is 10.5 Å². The molecule has 0 bridgehead atoms. The van der Waals surface area contributed by atoms with Gasteiger partial charge < -0.3 is 20.7 Å². The molecule has 3 N–H and O–H groups in total. The molecule has 1 unspecified atom stereocenters. The first kappa shape index (κ1) is 14.8. The summed E-state index contributed by atoms with van der Waals surface area (Å²) in [6.07, 6.45) is 0.0416. The number of nitrogens with zero attached hydrogens (tertiary/aromatic N) is 1. The fourth-order valence-electron chi connectivity index (χ4n) is 2.59. The zero-order valence-corrected chi connectivity index (χ0v) is 12.3. The summed E-state index contributed by atoms with van der Waals surface area (Å²) in [6.45, 7) is 7.63. The van der Waals surface area contributed by atoms with Gasteiger partial charge in [-0.1, -0.05) is 12.1 Å². The third-order valence-corrected chi connectivity index (χ3v) is 3.27. The monoisotopic (exact) mass is 277 g/mol. The normalized spacial score (nSPS) is 21.6. The van der Waals surface area contributed by atoms with Crippen molar-refractivity contribution in [1.29, 1.82) is 0 Å². The number of carbonyl (C=O) groups is 1. The van der Waals surface area contributed by atoms with Crippen molar-refractivity contribution < 1.29 is 9.53 Å². The van der Waals surface area contributed by atoms with Crippen LogP contribution in [0, 0.1) is 0 Å². The molecular weight excluding hydrogens is 254 g/mol. The van der Waals surface area contributed by atoms with Crippen LogP contribution in [-0.4, -0.2) is 35.7 Å². The Morgan fingerprint density at radius 2 is 2.30 bits per heavy atom. The molecule has 0 spiro atoms. The van der Waals surface area contributed by atoms with E-state index in [9.17, 15) is 4.79 Å². The molecule has 5 heteroatoms. The van der Waals surface area contributed by atoms with Crippen molar-refractivity contribution in [2.45, 2.75) is 39.0 Å². The van der Waals surface area contributed by atoms with Crippen molar-refractivity contribution in [3.05, 3.63) is 29.8 Å². The average molecular weight is 277 g/mol. The number of urea groups is 1. The molecule has 20 heavy (non-hydrogen) atoms. The van der Waals surface area contributed by atoms with Crippen LogP contribution in [0.3, 0.4) is 0 Å². The van der Waals surface area contributed by atoms with E-state index in [-0.39, 0.29) is 17.7 Å². The van der Waals surface area contributed by atoms with E-state index in [1.807, 2.05) is 45.0 Å². The minimum atomic E-state index is -0.311. The minimum absolute atomic E-state index is 0.0416. The number of morpholine rings is 1. The number of amides is 2. The van der Waals surface area contributed by atoms with Gasteiger partial charge in [0.1, 0.15) is 0 Å². The first-order chi connectivity index (χ1) is 9.39. The molecule has 2 amide bonds. The van der Waals surface area contributed by atoms with E-state index in [1.54, 1.807) is 4.90 Å². The van der Waals surface area contributed by atoms with Crippen LogP contribution < -0.4 is 11.1 Å². The summed E-state index contributed by atoms with van der Waals surface area (Å²) in [5.74, 6) is 0. The molecule has 1 aliphatic rings. The summed E-state index contributed by atoms with van der Waals surface area (Å²) in [6, 6.07) is 7.50. The van der Waals surface area contributed by atoms with Crippen molar-refractivity contribution in [1.82, 2.24) is 4.90 Å². The highest BCUT2D eigenvalue weighted by Gasteiger charge is 2.33. The van der Waals surface area contributed by atoms with Gasteiger partial charge in [-0.15, -0.1) is 0 Å². The van der Waals surface area contributed by atoms with Crippen molar-refractivity contribution in [3.63, 3.8) is 0 Å². The van der Waals surface area contributed by atoms with Crippen LogP contribution in [0.5, 0.6) is 0 Å². The third-order valence-electron chi connectivity index (χ3n) is 3.27. The van der Waals surface area contributed by atoms with Gasteiger partial charge in [-0.3, -0.25) is 0 Å². The predicted molar refractivity (Wildman–Crippen MR) is 79.6 cm³/mol. The number of nitrogens with one attached hydrogen (secondary N) is 1. The summed E-state index contributed by atoms with van der Waals surface area (Å²) < 4.78 is 5.80. The lowest BCUT2D eigenvalue weighted by atomic mass is 10.1. The van der Waals surface area contributed by atoms with Crippen LogP contribution in [0.1, 0.15) is 26.3 Å². The molecule has 5 nitrogen and oxygen atoms in total. The summed E-state index contributed by atoms with van der Waals surface area (Å²) >= 11 is 0. The molecule has 1 saturated heterocycles. The molecular formula is C15H23N3O2. The van der Waals surface area contributed by atoms with Crippen molar-refractivity contribution >= 4 is 11.7 Å². The number of rotatable bonds is 2. The Morgan fingerprint density at radius 1 is 1.55 bits per heavy atom. The molecule has 1 aliphatic heterocycles. The van der Waals surface area contributed by atoms with Crippen LogP contribution in [0.15, 0.2) is 24.3 Å². The van der Waals surface area contributed by atoms with Crippen LogP contribution in [0.25, 0.3) is 0 Å². The number of hydrogen-bond acceptors (Lipinski definition) is 3. The molecule has 1 aromatic carbocycles. The molecule has 0 saturated carbocycles. The molecule has 1 fully saturated rings. The lowest BCUT2D eigenvalue weighted by Gasteiger charge is -2.41. The van der Waals surface area contributed by atoms with Crippen molar-refractivity contribution in [3.8, 4) is 0 Å². The van der Waals surface area contributed by atoms with Gasteiger partial charge in [0.25, 0.3) is 0 Å². The first-order valence-corrected chi connectivity index (χ1v) is 6.92.